The second-order valence-electron chi connectivity index (χ2n) is 8.48. The fourth-order valence-electron chi connectivity index (χ4n) is 4.26. The molecule has 3 N–H and O–H groups in total. The first-order valence-corrected chi connectivity index (χ1v) is 11.2. The summed E-state index contributed by atoms with van der Waals surface area (Å²) >= 11 is 1.46. The largest absolute Gasteiger partial charge is 0.508 e. The highest BCUT2D eigenvalue weighted by atomic mass is 32.2. The van der Waals surface area contributed by atoms with Gasteiger partial charge >= 0.3 is 12.1 Å². The number of amides is 1. The molecule has 0 radical (unpaired) electrons. The molecule has 0 spiro atoms. The van der Waals surface area contributed by atoms with E-state index >= 15 is 0 Å². The molecule has 3 rings (SSSR count). The Bertz CT molecular complexity index is 741. The molecule has 3 heterocycles. The third kappa shape index (κ3) is 4.31. The van der Waals surface area contributed by atoms with Gasteiger partial charge in [0.1, 0.15) is 11.8 Å². The van der Waals surface area contributed by atoms with Crippen LogP contribution in [0.1, 0.15) is 34.1 Å². The van der Waals surface area contributed by atoms with Gasteiger partial charge in [0.15, 0.2) is 0 Å². The molecule has 0 bridgehead atoms. The van der Waals surface area contributed by atoms with Crippen LogP contribution in [0, 0.1) is 17.8 Å². The van der Waals surface area contributed by atoms with E-state index < -0.39 is 24.1 Å². The number of β-lactam (4-membered cyclic amide) rings is 1. The summed E-state index contributed by atoms with van der Waals surface area (Å²) in [5, 5.41) is 9.88. The van der Waals surface area contributed by atoms with Crippen LogP contribution >= 0.6 is 11.8 Å². The molecule has 1 amide bonds. The van der Waals surface area contributed by atoms with Gasteiger partial charge in [-0.15, -0.1) is 11.8 Å². The molecule has 3 aliphatic rings. The fraction of sp³-hybridized carbons (Fsp3) is 0.750. The zero-order valence-corrected chi connectivity index (χ0v) is 18.5. The minimum absolute atomic E-state index is 0.0234. The lowest BCUT2D eigenvalue weighted by Crippen LogP contribution is -2.64. The molecule has 3 aliphatic heterocycles. The molecule has 2 fully saturated rings. The molecule has 0 aromatic rings. The first kappa shape index (κ1) is 22.9. The molecular weight excluding hydrogens is 412 g/mol. The smallest absolute Gasteiger partial charge is 0.477 e. The molecule has 0 saturated carbocycles. The number of nitrogens with two attached hydrogens (primary N) is 1. The summed E-state index contributed by atoms with van der Waals surface area (Å²) in [6.07, 6.45) is -0.806. The Hall–Kier alpha value is -1.78. The van der Waals surface area contributed by atoms with Gasteiger partial charge in [-0.25, -0.2) is 9.59 Å². The van der Waals surface area contributed by atoms with Crippen molar-refractivity contribution in [2.75, 3.05) is 19.8 Å². The lowest BCUT2D eigenvalue weighted by atomic mass is 9.79. The highest BCUT2D eigenvalue weighted by Gasteiger charge is 2.61. The average Bonchev–Trinajstić information content (AvgIpc) is 3.22. The van der Waals surface area contributed by atoms with Gasteiger partial charge in [0.2, 0.25) is 5.91 Å². The molecule has 6 atom stereocenters. The Morgan fingerprint density at radius 1 is 1.37 bits per heavy atom. The van der Waals surface area contributed by atoms with Crippen molar-refractivity contribution < 1.29 is 33.7 Å². The minimum Gasteiger partial charge on any atom is -0.477 e. The van der Waals surface area contributed by atoms with Crippen LogP contribution in [0.2, 0.25) is 0 Å². The Balaban J connectivity index is 1.70. The van der Waals surface area contributed by atoms with Crippen LogP contribution in [0.25, 0.3) is 0 Å². The number of rotatable bonds is 8. The maximum absolute atomic E-state index is 12.8. The second-order valence-corrected chi connectivity index (χ2v) is 9.82. The molecule has 0 aromatic carbocycles. The molecule has 0 aromatic heterocycles. The van der Waals surface area contributed by atoms with Crippen LogP contribution in [0.15, 0.2) is 10.6 Å². The van der Waals surface area contributed by atoms with Crippen LogP contribution in [-0.4, -0.2) is 71.3 Å². The number of hydrogen-bond acceptors (Lipinski definition) is 8. The minimum atomic E-state index is -1.13. The Kier molecular flexibility index (Phi) is 6.98. The number of nitrogens with zero attached hydrogens (tertiary/aromatic N) is 1. The molecule has 6 unspecified atom stereocenters. The van der Waals surface area contributed by atoms with Crippen LogP contribution in [0.4, 0.5) is 4.79 Å². The van der Waals surface area contributed by atoms with Gasteiger partial charge < -0.3 is 30.0 Å². The SMILES string of the molecule is CC(C)COC(=O)OC(C)C1C(=O)N2C(C(=O)O)=C(SC3COC(CN)C3)C(C)C12. The van der Waals surface area contributed by atoms with Crippen LogP contribution in [0.3, 0.4) is 0 Å². The van der Waals surface area contributed by atoms with Crippen molar-refractivity contribution in [3.05, 3.63) is 10.6 Å². The first-order valence-electron chi connectivity index (χ1n) is 10.3. The summed E-state index contributed by atoms with van der Waals surface area (Å²) in [6.45, 7) is 8.53. The number of fused-ring (bicyclic) bond motifs is 1. The lowest BCUT2D eigenvalue weighted by Gasteiger charge is -2.46. The van der Waals surface area contributed by atoms with Gasteiger partial charge in [-0.2, -0.15) is 0 Å². The Morgan fingerprint density at radius 2 is 2.07 bits per heavy atom. The highest BCUT2D eigenvalue weighted by molar-refractivity contribution is 8.03. The van der Waals surface area contributed by atoms with Gasteiger partial charge in [-0.3, -0.25) is 4.79 Å². The maximum Gasteiger partial charge on any atom is 0.508 e. The number of carboxylic acids is 1. The average molecular weight is 443 g/mol. The number of thioether (sulfide) groups is 1. The monoisotopic (exact) mass is 442 g/mol. The van der Waals surface area contributed by atoms with Gasteiger partial charge in [-0.1, -0.05) is 20.8 Å². The fourth-order valence-corrected chi connectivity index (χ4v) is 5.73. The summed E-state index contributed by atoms with van der Waals surface area (Å²) in [6, 6.07) is -0.355. The number of ether oxygens (including phenoxy) is 3. The van der Waals surface area contributed by atoms with Crippen molar-refractivity contribution in [2.45, 2.75) is 57.6 Å². The van der Waals surface area contributed by atoms with E-state index in [4.69, 9.17) is 19.9 Å². The van der Waals surface area contributed by atoms with E-state index in [9.17, 15) is 19.5 Å². The molecule has 9 nitrogen and oxygen atoms in total. The third-order valence-electron chi connectivity index (χ3n) is 5.71. The van der Waals surface area contributed by atoms with Crippen molar-refractivity contribution >= 4 is 29.8 Å². The van der Waals surface area contributed by atoms with E-state index in [1.165, 1.54) is 16.7 Å². The van der Waals surface area contributed by atoms with E-state index in [2.05, 4.69) is 0 Å². The summed E-state index contributed by atoms with van der Waals surface area (Å²) in [4.78, 5) is 38.7. The van der Waals surface area contributed by atoms with Crippen LogP contribution < -0.4 is 5.73 Å². The lowest BCUT2D eigenvalue weighted by molar-refractivity contribution is -0.164. The second kappa shape index (κ2) is 9.15. The number of hydrogen-bond donors (Lipinski definition) is 2. The molecule has 168 valence electrons. The van der Waals surface area contributed by atoms with Gasteiger partial charge in [0.05, 0.1) is 31.3 Å². The molecule has 30 heavy (non-hydrogen) atoms. The predicted octanol–water partition coefficient (Wildman–Crippen LogP) is 1.81. The summed E-state index contributed by atoms with van der Waals surface area (Å²) in [5.74, 6) is -2.08. The topological polar surface area (TPSA) is 128 Å². The number of aliphatic carboxylic acids is 1. The van der Waals surface area contributed by atoms with Gasteiger partial charge in [0.25, 0.3) is 0 Å². The standard InChI is InChI=1S/C20H30N2O7S/c1-9(2)7-28-20(26)29-11(4)14-15-10(3)17(16(19(24)25)22(15)18(14)23)30-13-5-12(6-21)27-8-13/h9-15H,5-8,21H2,1-4H3,(H,24,25). The van der Waals surface area contributed by atoms with Crippen LogP contribution in [-0.2, 0) is 23.8 Å². The number of carbonyl (C=O) groups is 3. The van der Waals surface area contributed by atoms with E-state index in [0.29, 0.717) is 18.1 Å². The molecule has 10 heteroatoms. The molecule has 2 saturated heterocycles. The summed E-state index contributed by atoms with van der Waals surface area (Å²) < 4.78 is 16.0. The van der Waals surface area contributed by atoms with Crippen molar-refractivity contribution in [1.82, 2.24) is 4.90 Å². The maximum atomic E-state index is 12.8. The normalized spacial score (nSPS) is 31.6. The molecule has 0 aliphatic carbocycles. The molecular formula is C20H30N2O7S. The zero-order valence-electron chi connectivity index (χ0n) is 17.7. The summed E-state index contributed by atoms with van der Waals surface area (Å²) in [5.41, 5.74) is 5.70. The Morgan fingerprint density at radius 3 is 2.63 bits per heavy atom. The van der Waals surface area contributed by atoms with E-state index in [1.807, 2.05) is 20.8 Å². The number of carbonyl (C=O) groups excluding carboxylic acids is 2. The quantitative estimate of drug-likeness (QED) is 0.427. The van der Waals surface area contributed by atoms with E-state index in [0.717, 1.165) is 6.42 Å². The van der Waals surface area contributed by atoms with Gasteiger partial charge in [-0.05, 0) is 19.3 Å². The highest BCUT2D eigenvalue weighted by Crippen LogP contribution is 2.52. The zero-order chi connectivity index (χ0) is 22.2. The number of carboxylic acid groups (broad SMARTS) is 1. The third-order valence-corrected chi connectivity index (χ3v) is 7.19. The van der Waals surface area contributed by atoms with Crippen LogP contribution in [0.5, 0.6) is 0 Å². The predicted molar refractivity (Wildman–Crippen MR) is 109 cm³/mol. The van der Waals surface area contributed by atoms with E-state index in [1.54, 1.807) is 6.92 Å². The van der Waals surface area contributed by atoms with Crippen molar-refractivity contribution in [3.8, 4) is 0 Å². The Labute approximate surface area is 180 Å². The van der Waals surface area contributed by atoms with Crippen molar-refractivity contribution in [3.63, 3.8) is 0 Å². The van der Waals surface area contributed by atoms with Crippen molar-refractivity contribution in [2.24, 2.45) is 23.5 Å². The first-order chi connectivity index (χ1) is 14.1. The van der Waals surface area contributed by atoms with Gasteiger partial charge in [0, 0.05) is 22.6 Å². The van der Waals surface area contributed by atoms with E-state index in [-0.39, 0.29) is 47.4 Å². The van der Waals surface area contributed by atoms with Crippen molar-refractivity contribution in [1.29, 1.82) is 0 Å². The summed E-state index contributed by atoms with van der Waals surface area (Å²) in [7, 11) is 0.